The molecule has 4 aromatic rings. The van der Waals surface area contributed by atoms with Crippen molar-refractivity contribution in [2.24, 2.45) is 23.2 Å². The molecular weight excluding hydrogens is 673 g/mol. The van der Waals surface area contributed by atoms with Crippen LogP contribution in [0.4, 0.5) is 5.69 Å². The van der Waals surface area contributed by atoms with Crippen LogP contribution in [0, 0.1) is 23.2 Å². The minimum atomic E-state index is -0.794. The van der Waals surface area contributed by atoms with Gasteiger partial charge in [-0.2, -0.15) is 0 Å². The maximum absolute atomic E-state index is 14.4. The molecule has 282 valence electrons. The molecule has 4 aliphatic rings. The van der Waals surface area contributed by atoms with Crippen LogP contribution in [0.3, 0.4) is 0 Å². The van der Waals surface area contributed by atoms with Crippen molar-refractivity contribution in [3.8, 4) is 16.9 Å². The van der Waals surface area contributed by atoms with Gasteiger partial charge in [-0.25, -0.2) is 0 Å². The number of carbonyl (C=O) groups excluding carboxylic acids is 2. The van der Waals surface area contributed by atoms with Gasteiger partial charge in [-0.1, -0.05) is 113 Å². The molecule has 7 atom stereocenters. The molecule has 2 amide bonds. The topological polar surface area (TPSA) is 97.9 Å². The van der Waals surface area contributed by atoms with Crippen LogP contribution in [-0.2, 0) is 31.7 Å². The third-order valence-electron chi connectivity index (χ3n) is 12.4. The van der Waals surface area contributed by atoms with Crippen molar-refractivity contribution in [1.82, 2.24) is 10.6 Å². The van der Waals surface area contributed by atoms with Crippen molar-refractivity contribution in [1.29, 1.82) is 0 Å². The zero-order chi connectivity index (χ0) is 38.0. The molecule has 0 spiro atoms. The van der Waals surface area contributed by atoms with Crippen LogP contribution in [-0.4, -0.2) is 55.8 Å². The number of nitrogens with one attached hydrogen (secondary N) is 3. The van der Waals surface area contributed by atoms with Crippen LogP contribution < -0.4 is 20.7 Å². The van der Waals surface area contributed by atoms with E-state index in [0.717, 1.165) is 46.5 Å². The fraction of sp³-hybridized carbons (Fsp3) is 0.422. The van der Waals surface area contributed by atoms with Gasteiger partial charge in [0.25, 0.3) is 0 Å². The molecule has 1 heterocycles. The summed E-state index contributed by atoms with van der Waals surface area (Å²) in [6.45, 7) is 10.8. The number of carbonyl (C=O) groups is 2. The van der Waals surface area contributed by atoms with E-state index in [1.54, 1.807) is 7.11 Å². The first-order chi connectivity index (χ1) is 25.9. The van der Waals surface area contributed by atoms with Gasteiger partial charge >= 0.3 is 7.12 Å². The first-order valence-corrected chi connectivity index (χ1v) is 19.5. The monoisotopic (exact) mass is 727 g/mol. The van der Waals surface area contributed by atoms with Crippen LogP contribution in [0.5, 0.6) is 5.75 Å². The predicted octanol–water partition coefficient (Wildman–Crippen LogP) is 7.52. The standard InChI is InChI=1S/C45H54BN3O5/c1-29(2)41(43(51)48-40(25-30-14-9-7-10-15-30)46-53-39-28-34-27-38(44(34,3)4)45(39,5)54-46)49-42(50)37(24-31-20-22-36(52-6)23-21-31)47-35-19-13-18-33(26-35)32-16-11-8-12-17-32/h7-23,26,29,34,37-41,47H,24-25,27-28H2,1-6H3,(H,48,51)(H,49,50)/t34-,37?,38-,39+,40-,41?,45-/m0/s1. The van der Waals surface area contributed by atoms with E-state index in [1.807, 2.05) is 86.6 Å². The zero-order valence-electron chi connectivity index (χ0n) is 32.4. The average molecular weight is 728 g/mol. The molecule has 1 saturated heterocycles. The molecule has 9 heteroatoms. The SMILES string of the molecule is COc1ccc(CC(Nc2cccc(-c3ccccc3)c2)C(=O)NC(C(=O)N[C@@H](Cc2ccccc2)B2O[C@@H]3C[C@@H]4C[C@@H](C4(C)C)[C@]3(C)O2)C(C)C)cc1. The van der Waals surface area contributed by atoms with Crippen molar-refractivity contribution in [2.45, 2.75) is 90.0 Å². The van der Waals surface area contributed by atoms with Gasteiger partial charge < -0.3 is 30.0 Å². The number of ether oxygens (including phenoxy) is 1. The van der Waals surface area contributed by atoms with Crippen molar-refractivity contribution >= 4 is 24.6 Å². The molecule has 8 nitrogen and oxygen atoms in total. The van der Waals surface area contributed by atoms with E-state index in [2.05, 4.69) is 73.1 Å². The van der Waals surface area contributed by atoms with E-state index in [4.69, 9.17) is 14.0 Å². The Labute approximate surface area is 320 Å². The van der Waals surface area contributed by atoms with E-state index in [-0.39, 0.29) is 29.3 Å². The molecule has 4 aromatic carbocycles. The molecule has 2 unspecified atom stereocenters. The van der Waals surface area contributed by atoms with Crippen molar-refractivity contribution in [3.05, 3.63) is 120 Å². The van der Waals surface area contributed by atoms with Crippen LogP contribution in [0.15, 0.2) is 109 Å². The van der Waals surface area contributed by atoms with Gasteiger partial charge in [-0.3, -0.25) is 9.59 Å². The minimum Gasteiger partial charge on any atom is -0.497 e. The first-order valence-electron chi connectivity index (χ1n) is 19.5. The van der Waals surface area contributed by atoms with Crippen LogP contribution >= 0.6 is 0 Å². The smallest absolute Gasteiger partial charge is 0.482 e. The van der Waals surface area contributed by atoms with E-state index >= 15 is 0 Å². The van der Waals surface area contributed by atoms with Crippen LogP contribution in [0.2, 0.25) is 0 Å². The largest absolute Gasteiger partial charge is 0.497 e. The van der Waals surface area contributed by atoms with Crippen molar-refractivity contribution < 1.29 is 23.6 Å². The fourth-order valence-electron chi connectivity index (χ4n) is 9.04. The summed E-state index contributed by atoms with van der Waals surface area (Å²) in [6.07, 6.45) is 3.03. The summed E-state index contributed by atoms with van der Waals surface area (Å²) in [5.41, 5.74) is 4.77. The number of anilines is 1. The Balaban J connectivity index is 1.11. The third-order valence-corrected chi connectivity index (χ3v) is 12.4. The molecule has 54 heavy (non-hydrogen) atoms. The lowest BCUT2D eigenvalue weighted by Gasteiger charge is -2.64. The highest BCUT2D eigenvalue weighted by atomic mass is 16.7. The second kappa shape index (κ2) is 15.6. The number of rotatable bonds is 14. The second-order valence-electron chi connectivity index (χ2n) is 16.6. The maximum atomic E-state index is 14.4. The van der Waals surface area contributed by atoms with Crippen molar-refractivity contribution in [3.63, 3.8) is 0 Å². The van der Waals surface area contributed by atoms with Crippen LogP contribution in [0.25, 0.3) is 11.1 Å². The highest BCUT2D eigenvalue weighted by Crippen LogP contribution is 2.65. The molecule has 2 bridgehead atoms. The molecule has 3 aliphatic carbocycles. The van der Waals surface area contributed by atoms with Gasteiger partial charge in [0.05, 0.1) is 24.8 Å². The Morgan fingerprint density at radius 3 is 2.13 bits per heavy atom. The Hall–Kier alpha value is -4.60. The van der Waals surface area contributed by atoms with E-state index < -0.39 is 30.7 Å². The minimum absolute atomic E-state index is 0.0137. The second-order valence-corrected chi connectivity index (χ2v) is 16.6. The van der Waals surface area contributed by atoms with Gasteiger partial charge in [0.1, 0.15) is 17.8 Å². The Morgan fingerprint density at radius 2 is 1.46 bits per heavy atom. The summed E-state index contributed by atoms with van der Waals surface area (Å²) >= 11 is 0. The van der Waals surface area contributed by atoms with E-state index in [9.17, 15) is 9.59 Å². The normalized spacial score (nSPS) is 24.1. The lowest BCUT2D eigenvalue weighted by Crippen LogP contribution is -2.65. The maximum Gasteiger partial charge on any atom is 0.482 e. The molecule has 3 N–H and O–H groups in total. The quantitative estimate of drug-likeness (QED) is 0.116. The van der Waals surface area contributed by atoms with Gasteiger partial charge in [0, 0.05) is 12.1 Å². The summed E-state index contributed by atoms with van der Waals surface area (Å²) in [5.74, 6) is 0.601. The molecule has 3 saturated carbocycles. The third kappa shape index (κ3) is 7.80. The summed E-state index contributed by atoms with van der Waals surface area (Å²) in [7, 11) is 1.03. The van der Waals surface area contributed by atoms with Gasteiger partial charge in [0.15, 0.2) is 0 Å². The summed E-state index contributed by atoms with van der Waals surface area (Å²) in [5, 5.41) is 9.96. The highest BCUT2D eigenvalue weighted by Gasteiger charge is 2.68. The van der Waals surface area contributed by atoms with E-state index in [0.29, 0.717) is 24.7 Å². The highest BCUT2D eigenvalue weighted by molar-refractivity contribution is 6.48. The summed E-state index contributed by atoms with van der Waals surface area (Å²) in [4.78, 5) is 28.8. The Morgan fingerprint density at radius 1 is 0.796 bits per heavy atom. The lowest BCUT2D eigenvalue weighted by atomic mass is 9.43. The van der Waals surface area contributed by atoms with Crippen LogP contribution in [0.1, 0.15) is 58.6 Å². The lowest BCUT2D eigenvalue weighted by molar-refractivity contribution is -0.199. The molecule has 1 aliphatic heterocycles. The fourth-order valence-corrected chi connectivity index (χ4v) is 9.04. The molecule has 0 radical (unpaired) electrons. The number of benzene rings is 4. The average Bonchev–Trinajstić information content (AvgIpc) is 3.54. The van der Waals surface area contributed by atoms with Gasteiger partial charge in [-0.15, -0.1) is 0 Å². The first kappa shape index (κ1) is 37.7. The molecule has 0 aromatic heterocycles. The zero-order valence-corrected chi connectivity index (χ0v) is 32.4. The van der Waals surface area contributed by atoms with E-state index in [1.165, 1.54) is 0 Å². The molecule has 8 rings (SSSR count). The Kier molecular flexibility index (Phi) is 10.9. The number of methoxy groups -OCH3 is 1. The van der Waals surface area contributed by atoms with Gasteiger partial charge in [-0.05, 0) is 95.9 Å². The summed E-state index contributed by atoms with van der Waals surface area (Å²) < 4.78 is 19.0. The summed E-state index contributed by atoms with van der Waals surface area (Å²) in [6, 6.07) is 34.6. The number of hydrogen-bond acceptors (Lipinski definition) is 6. The number of amides is 2. The number of hydrogen-bond donors (Lipinski definition) is 3. The molecule has 4 fully saturated rings. The molecular formula is C45H54BN3O5. The van der Waals surface area contributed by atoms with Crippen molar-refractivity contribution in [2.75, 3.05) is 12.4 Å². The Bertz CT molecular complexity index is 1910. The predicted molar refractivity (Wildman–Crippen MR) is 215 cm³/mol. The van der Waals surface area contributed by atoms with Gasteiger partial charge in [0.2, 0.25) is 11.8 Å².